The minimum Gasteiger partial charge on any atom is -0.481 e. The number of rotatable bonds is 7. The lowest BCUT2D eigenvalue weighted by atomic mass is 10.0. The van der Waals surface area contributed by atoms with Crippen molar-refractivity contribution in [3.63, 3.8) is 0 Å². The molecule has 1 saturated heterocycles. The molecule has 0 aromatic heterocycles. The number of carboxylic acids is 1. The van der Waals surface area contributed by atoms with Crippen LogP contribution in [0.4, 0.5) is 18.9 Å². The lowest BCUT2D eigenvalue weighted by Gasteiger charge is -2.43. The quantitative estimate of drug-likeness (QED) is 0.730. The molecule has 0 radical (unpaired) electrons. The van der Waals surface area contributed by atoms with E-state index < -0.39 is 28.8 Å². The Bertz CT molecular complexity index is 729. The maximum atomic E-state index is 12.9. The van der Waals surface area contributed by atoms with E-state index in [-0.39, 0.29) is 31.4 Å². The van der Waals surface area contributed by atoms with E-state index in [2.05, 4.69) is 0 Å². The molecule has 0 bridgehead atoms. The molecule has 10 heteroatoms. The van der Waals surface area contributed by atoms with Gasteiger partial charge in [0.2, 0.25) is 5.91 Å². The van der Waals surface area contributed by atoms with Crippen molar-refractivity contribution in [2.24, 2.45) is 0 Å². The normalized spacial score (nSPS) is 19.1. The molecule has 0 unspecified atom stereocenters. The number of nitrogens with zero attached hydrogens (tertiary/aromatic N) is 2. The van der Waals surface area contributed by atoms with Crippen molar-refractivity contribution in [2.75, 3.05) is 31.7 Å². The number of piperazine rings is 1. The van der Waals surface area contributed by atoms with Crippen LogP contribution in [0.2, 0.25) is 5.02 Å². The molecular formula is C18H22ClF3N2O4. The first-order valence-corrected chi connectivity index (χ1v) is 9.08. The SMILES string of the molecule is COC[C@H](CCC(=O)O)N1CCN(c2ccc(C(F)(F)F)c(Cl)c2)[C@@H](C)C1=O. The van der Waals surface area contributed by atoms with Crippen molar-refractivity contribution in [3.8, 4) is 0 Å². The maximum Gasteiger partial charge on any atom is 0.417 e. The summed E-state index contributed by atoms with van der Waals surface area (Å²) in [6.07, 6.45) is -4.38. The van der Waals surface area contributed by atoms with Gasteiger partial charge in [0.1, 0.15) is 6.04 Å². The van der Waals surface area contributed by atoms with Gasteiger partial charge in [0.15, 0.2) is 0 Å². The number of ether oxygens (including phenoxy) is 1. The number of anilines is 1. The lowest BCUT2D eigenvalue weighted by molar-refractivity contribution is -0.141. The summed E-state index contributed by atoms with van der Waals surface area (Å²) in [5.41, 5.74) is -0.503. The molecule has 1 aromatic carbocycles. The van der Waals surface area contributed by atoms with Crippen LogP contribution < -0.4 is 4.90 Å². The van der Waals surface area contributed by atoms with Crippen LogP contribution >= 0.6 is 11.6 Å². The second-order valence-corrected chi connectivity index (χ2v) is 7.01. The molecule has 1 N–H and O–H groups in total. The van der Waals surface area contributed by atoms with Crippen LogP contribution in [0.1, 0.15) is 25.3 Å². The van der Waals surface area contributed by atoms with E-state index in [0.717, 1.165) is 6.07 Å². The zero-order valence-electron chi connectivity index (χ0n) is 15.5. The third-order valence-corrected chi connectivity index (χ3v) is 5.08. The minimum atomic E-state index is -4.55. The second-order valence-electron chi connectivity index (χ2n) is 6.60. The fraction of sp³-hybridized carbons (Fsp3) is 0.556. The molecule has 1 fully saturated rings. The summed E-state index contributed by atoms with van der Waals surface area (Å²) in [5.74, 6) is -1.20. The highest BCUT2D eigenvalue weighted by molar-refractivity contribution is 6.31. The van der Waals surface area contributed by atoms with Crippen LogP contribution in [0, 0.1) is 0 Å². The van der Waals surface area contributed by atoms with Crippen molar-refractivity contribution < 1.29 is 32.6 Å². The van der Waals surface area contributed by atoms with Gasteiger partial charge in [-0.3, -0.25) is 9.59 Å². The van der Waals surface area contributed by atoms with Crippen LogP contribution in [-0.2, 0) is 20.5 Å². The molecule has 0 saturated carbocycles. The summed E-state index contributed by atoms with van der Waals surface area (Å²) >= 11 is 5.79. The average Bonchev–Trinajstić information content (AvgIpc) is 2.60. The van der Waals surface area contributed by atoms with Gasteiger partial charge >= 0.3 is 12.1 Å². The van der Waals surface area contributed by atoms with E-state index in [9.17, 15) is 22.8 Å². The predicted molar refractivity (Wildman–Crippen MR) is 97.5 cm³/mol. The first kappa shape index (κ1) is 22.3. The average molecular weight is 423 g/mol. The number of hydrogen-bond donors (Lipinski definition) is 1. The van der Waals surface area contributed by atoms with Gasteiger partial charge in [0.05, 0.1) is 23.2 Å². The number of alkyl halides is 3. The number of methoxy groups -OCH3 is 1. The van der Waals surface area contributed by atoms with Crippen LogP contribution in [-0.4, -0.2) is 60.8 Å². The van der Waals surface area contributed by atoms with Gasteiger partial charge in [0.25, 0.3) is 0 Å². The molecule has 1 aliphatic heterocycles. The molecule has 2 atom stereocenters. The van der Waals surface area contributed by atoms with Gasteiger partial charge in [-0.05, 0) is 31.5 Å². The van der Waals surface area contributed by atoms with Gasteiger partial charge in [0, 0.05) is 32.3 Å². The van der Waals surface area contributed by atoms with Gasteiger partial charge in [-0.25, -0.2) is 0 Å². The van der Waals surface area contributed by atoms with E-state index in [4.69, 9.17) is 21.4 Å². The summed E-state index contributed by atoms with van der Waals surface area (Å²) in [5, 5.41) is 8.47. The zero-order valence-corrected chi connectivity index (χ0v) is 16.3. The van der Waals surface area contributed by atoms with Crippen molar-refractivity contribution in [1.82, 2.24) is 4.90 Å². The monoisotopic (exact) mass is 422 g/mol. The summed E-state index contributed by atoms with van der Waals surface area (Å²) in [7, 11) is 1.47. The number of amides is 1. The molecule has 1 aliphatic rings. The Kier molecular flexibility index (Phi) is 7.16. The predicted octanol–water partition coefficient (Wildman–Crippen LogP) is 3.28. The Hall–Kier alpha value is -2.00. The van der Waals surface area contributed by atoms with Crippen molar-refractivity contribution in [3.05, 3.63) is 28.8 Å². The highest BCUT2D eigenvalue weighted by Gasteiger charge is 2.37. The Morgan fingerprint density at radius 1 is 1.39 bits per heavy atom. The molecule has 1 aromatic rings. The summed E-state index contributed by atoms with van der Waals surface area (Å²) in [6.45, 7) is 2.54. The number of halogens is 4. The number of aliphatic carboxylic acids is 1. The number of carbonyl (C=O) groups excluding carboxylic acids is 1. The third-order valence-electron chi connectivity index (χ3n) is 4.77. The largest absolute Gasteiger partial charge is 0.481 e. The van der Waals surface area contributed by atoms with Crippen molar-refractivity contribution in [1.29, 1.82) is 0 Å². The summed E-state index contributed by atoms with van der Waals surface area (Å²) in [4.78, 5) is 27.0. The third kappa shape index (κ3) is 5.08. The minimum absolute atomic E-state index is 0.0928. The first-order valence-electron chi connectivity index (χ1n) is 8.70. The number of carbonyl (C=O) groups is 2. The molecule has 156 valence electrons. The Labute approximate surface area is 165 Å². The molecule has 1 heterocycles. The molecule has 0 spiro atoms. The smallest absolute Gasteiger partial charge is 0.417 e. The van der Waals surface area contributed by atoms with Crippen molar-refractivity contribution in [2.45, 2.75) is 38.0 Å². The number of benzene rings is 1. The molecular weight excluding hydrogens is 401 g/mol. The zero-order chi connectivity index (χ0) is 21.1. The van der Waals surface area contributed by atoms with E-state index in [0.29, 0.717) is 18.8 Å². The highest BCUT2D eigenvalue weighted by atomic mass is 35.5. The Balaban J connectivity index is 2.17. The molecule has 1 amide bonds. The van der Waals surface area contributed by atoms with Gasteiger partial charge in [-0.2, -0.15) is 13.2 Å². The van der Waals surface area contributed by atoms with Gasteiger partial charge < -0.3 is 19.6 Å². The summed E-state index contributed by atoms with van der Waals surface area (Å²) in [6, 6.07) is 2.40. The van der Waals surface area contributed by atoms with E-state index >= 15 is 0 Å². The van der Waals surface area contributed by atoms with Crippen LogP contribution in [0.3, 0.4) is 0 Å². The summed E-state index contributed by atoms with van der Waals surface area (Å²) < 4.78 is 43.8. The first-order chi connectivity index (χ1) is 13.1. The molecule has 2 rings (SSSR count). The lowest BCUT2D eigenvalue weighted by Crippen LogP contribution is -2.59. The van der Waals surface area contributed by atoms with E-state index in [1.165, 1.54) is 19.2 Å². The van der Waals surface area contributed by atoms with Gasteiger partial charge in [-0.15, -0.1) is 0 Å². The fourth-order valence-electron chi connectivity index (χ4n) is 3.33. The number of carboxylic acid groups (broad SMARTS) is 1. The van der Waals surface area contributed by atoms with Crippen LogP contribution in [0.5, 0.6) is 0 Å². The Morgan fingerprint density at radius 3 is 2.61 bits per heavy atom. The van der Waals surface area contributed by atoms with Gasteiger partial charge in [-0.1, -0.05) is 11.6 Å². The van der Waals surface area contributed by atoms with Crippen LogP contribution in [0.15, 0.2) is 18.2 Å². The number of hydrogen-bond acceptors (Lipinski definition) is 4. The Morgan fingerprint density at radius 2 is 2.07 bits per heavy atom. The van der Waals surface area contributed by atoms with Crippen LogP contribution in [0.25, 0.3) is 0 Å². The topological polar surface area (TPSA) is 70.1 Å². The fourth-order valence-corrected chi connectivity index (χ4v) is 3.61. The molecule has 6 nitrogen and oxygen atoms in total. The molecule has 28 heavy (non-hydrogen) atoms. The highest BCUT2D eigenvalue weighted by Crippen LogP contribution is 2.37. The standard InChI is InChI=1S/C18H22ClF3N2O4/c1-11-17(27)24(13(10-28-2)4-6-16(25)26)8-7-23(11)12-3-5-14(15(19)9-12)18(20,21)22/h3,5,9,11,13H,4,6-8,10H2,1-2H3,(H,25,26)/t11-,13-/m0/s1. The van der Waals surface area contributed by atoms with Crippen molar-refractivity contribution >= 4 is 29.2 Å². The second kappa shape index (κ2) is 9.00. The molecule has 0 aliphatic carbocycles. The maximum absolute atomic E-state index is 12.9. The van der Waals surface area contributed by atoms with E-state index in [1.807, 2.05) is 0 Å². The van der Waals surface area contributed by atoms with E-state index in [1.54, 1.807) is 16.7 Å².